The molecule has 0 aliphatic heterocycles. The molecule has 8 heteroatoms. The van der Waals surface area contributed by atoms with Gasteiger partial charge in [-0.15, -0.1) is 0 Å². The molecule has 0 saturated carbocycles. The van der Waals surface area contributed by atoms with Crippen LogP contribution in [0.1, 0.15) is 13.8 Å². The first kappa shape index (κ1) is 22.4. The van der Waals surface area contributed by atoms with E-state index in [9.17, 15) is 19.2 Å². The van der Waals surface area contributed by atoms with Gasteiger partial charge < -0.3 is 20.1 Å². The highest BCUT2D eigenvalue weighted by molar-refractivity contribution is 5.98. The summed E-state index contributed by atoms with van der Waals surface area (Å²) in [5.74, 6) is -2.83. The van der Waals surface area contributed by atoms with Crippen LogP contribution in [-0.4, -0.2) is 36.0 Å². The lowest BCUT2D eigenvalue weighted by atomic mass is 10.3. The van der Waals surface area contributed by atoms with Crippen LogP contribution in [0.15, 0.2) is 72.8 Å². The molecule has 0 aliphatic rings. The summed E-state index contributed by atoms with van der Waals surface area (Å²) in [6.45, 7) is 2.80. The fourth-order valence-corrected chi connectivity index (χ4v) is 2.20. The molecule has 8 nitrogen and oxygen atoms in total. The maximum atomic E-state index is 12.0. The van der Waals surface area contributed by atoms with Gasteiger partial charge in [-0.3, -0.25) is 9.59 Å². The number of carbonyl (C=O) groups excluding carboxylic acids is 4. The molecule has 0 unspecified atom stereocenters. The van der Waals surface area contributed by atoms with Gasteiger partial charge in [-0.25, -0.2) is 9.59 Å². The molecule has 0 spiro atoms. The van der Waals surface area contributed by atoms with E-state index in [4.69, 9.17) is 9.47 Å². The third-order valence-corrected chi connectivity index (χ3v) is 3.76. The zero-order chi connectivity index (χ0) is 21.9. The van der Waals surface area contributed by atoms with Crippen LogP contribution < -0.4 is 10.6 Å². The molecule has 0 radical (unpaired) electrons. The number of benzene rings is 2. The Morgan fingerprint density at radius 2 is 1.00 bits per heavy atom. The third-order valence-electron chi connectivity index (χ3n) is 3.76. The van der Waals surface area contributed by atoms with Gasteiger partial charge >= 0.3 is 11.9 Å². The van der Waals surface area contributed by atoms with Gasteiger partial charge in [0, 0.05) is 23.5 Å². The molecule has 30 heavy (non-hydrogen) atoms. The summed E-state index contributed by atoms with van der Waals surface area (Å²) in [4.78, 5) is 47.6. The minimum atomic E-state index is -1.08. The lowest BCUT2D eigenvalue weighted by Gasteiger charge is -2.13. The molecule has 0 saturated heterocycles. The van der Waals surface area contributed by atoms with E-state index >= 15 is 0 Å². The topological polar surface area (TPSA) is 111 Å². The van der Waals surface area contributed by atoms with Crippen LogP contribution >= 0.6 is 0 Å². The van der Waals surface area contributed by atoms with Crippen molar-refractivity contribution in [1.29, 1.82) is 0 Å². The number of carbonyl (C=O) groups is 4. The molecule has 0 heterocycles. The van der Waals surface area contributed by atoms with E-state index in [1.807, 2.05) is 0 Å². The molecule has 0 bridgehead atoms. The molecular formula is C22H22N2O6. The summed E-state index contributed by atoms with van der Waals surface area (Å²) in [5.41, 5.74) is 1.12. The van der Waals surface area contributed by atoms with Crippen LogP contribution in [0.25, 0.3) is 0 Å². The van der Waals surface area contributed by atoms with Crippen molar-refractivity contribution in [2.24, 2.45) is 0 Å². The van der Waals surface area contributed by atoms with Gasteiger partial charge in [-0.1, -0.05) is 36.4 Å². The van der Waals surface area contributed by atoms with Gasteiger partial charge in [0.1, 0.15) is 0 Å². The van der Waals surface area contributed by atoms with E-state index in [2.05, 4.69) is 10.6 Å². The fraction of sp³-hybridized carbons (Fsp3) is 0.182. The maximum absolute atomic E-state index is 12.0. The molecule has 2 rings (SSSR count). The number of rotatable bonds is 8. The Balaban J connectivity index is 1.77. The van der Waals surface area contributed by atoms with Crippen molar-refractivity contribution in [3.05, 3.63) is 72.8 Å². The Hall–Kier alpha value is -3.94. The molecule has 0 aromatic heterocycles. The van der Waals surface area contributed by atoms with Crippen molar-refractivity contribution in [2.45, 2.75) is 26.1 Å². The smallest absolute Gasteiger partial charge is 0.331 e. The maximum Gasteiger partial charge on any atom is 0.331 e. The number of nitrogens with one attached hydrogen (secondary N) is 2. The Bertz CT molecular complexity index is 836. The van der Waals surface area contributed by atoms with Gasteiger partial charge in [0.05, 0.1) is 0 Å². The van der Waals surface area contributed by atoms with Crippen molar-refractivity contribution in [2.75, 3.05) is 10.6 Å². The van der Waals surface area contributed by atoms with Crippen molar-refractivity contribution in [1.82, 2.24) is 0 Å². The average Bonchev–Trinajstić information content (AvgIpc) is 2.73. The molecule has 0 fully saturated rings. The zero-order valence-corrected chi connectivity index (χ0v) is 16.5. The normalized spacial score (nSPS) is 12.5. The first-order valence-corrected chi connectivity index (χ1v) is 9.16. The fourth-order valence-electron chi connectivity index (χ4n) is 2.20. The summed E-state index contributed by atoms with van der Waals surface area (Å²) in [6, 6.07) is 17.4. The minimum absolute atomic E-state index is 0.517. The van der Waals surface area contributed by atoms with Crippen LogP contribution in [0, 0.1) is 0 Å². The van der Waals surface area contributed by atoms with E-state index in [0.29, 0.717) is 11.4 Å². The molecule has 2 aromatic rings. The van der Waals surface area contributed by atoms with Crippen LogP contribution in [0.5, 0.6) is 0 Å². The monoisotopic (exact) mass is 410 g/mol. The molecular weight excluding hydrogens is 388 g/mol. The molecule has 2 amide bonds. The highest BCUT2D eigenvalue weighted by atomic mass is 16.6. The minimum Gasteiger partial charge on any atom is -0.449 e. The molecule has 2 N–H and O–H groups in total. The average molecular weight is 410 g/mol. The number of ether oxygens (including phenoxy) is 2. The number of hydrogen-bond acceptors (Lipinski definition) is 6. The lowest BCUT2D eigenvalue weighted by Crippen LogP contribution is -2.30. The number of esters is 2. The molecule has 156 valence electrons. The number of amides is 2. The Kier molecular flexibility index (Phi) is 8.31. The summed E-state index contributed by atoms with van der Waals surface area (Å²) in [6.07, 6.45) is -0.490. The van der Waals surface area contributed by atoms with Crippen LogP contribution in [0.4, 0.5) is 11.4 Å². The predicted molar refractivity (Wildman–Crippen MR) is 110 cm³/mol. The van der Waals surface area contributed by atoms with E-state index in [0.717, 1.165) is 12.2 Å². The van der Waals surface area contributed by atoms with Gasteiger partial charge in [0.25, 0.3) is 11.8 Å². The first-order chi connectivity index (χ1) is 14.3. The molecule has 2 aromatic carbocycles. The Morgan fingerprint density at radius 3 is 1.33 bits per heavy atom. The quantitative estimate of drug-likeness (QED) is 0.511. The first-order valence-electron chi connectivity index (χ1n) is 9.16. The Morgan fingerprint density at radius 1 is 0.667 bits per heavy atom. The lowest BCUT2D eigenvalue weighted by molar-refractivity contribution is -0.149. The second kappa shape index (κ2) is 11.2. The van der Waals surface area contributed by atoms with Gasteiger partial charge in [0.15, 0.2) is 12.2 Å². The summed E-state index contributed by atoms with van der Waals surface area (Å²) >= 11 is 0. The summed E-state index contributed by atoms with van der Waals surface area (Å²) in [7, 11) is 0. The van der Waals surface area contributed by atoms with Crippen molar-refractivity contribution in [3.63, 3.8) is 0 Å². The van der Waals surface area contributed by atoms with Crippen LogP contribution in [-0.2, 0) is 28.7 Å². The third kappa shape index (κ3) is 7.59. The van der Waals surface area contributed by atoms with Gasteiger partial charge in [-0.05, 0) is 38.1 Å². The molecule has 2 atom stereocenters. The van der Waals surface area contributed by atoms with Crippen molar-refractivity contribution < 1.29 is 28.7 Å². The number of hydrogen-bond donors (Lipinski definition) is 2. The van der Waals surface area contributed by atoms with E-state index in [-0.39, 0.29) is 0 Å². The highest BCUT2D eigenvalue weighted by Gasteiger charge is 2.18. The van der Waals surface area contributed by atoms with E-state index < -0.39 is 36.0 Å². The largest absolute Gasteiger partial charge is 0.449 e. The summed E-state index contributed by atoms with van der Waals surface area (Å²) < 4.78 is 9.88. The standard InChI is InChI=1S/C22H22N2O6/c1-15(21(27)23-17-9-5-3-6-10-17)29-19(25)13-14-20(26)30-16(2)22(28)24-18-11-7-4-8-12-18/h3-16H,1-2H3,(H,23,27)(H,24,28)/b14-13+/t15-,16-/m1/s1. The Labute approximate surface area is 173 Å². The zero-order valence-electron chi connectivity index (χ0n) is 16.5. The highest BCUT2D eigenvalue weighted by Crippen LogP contribution is 2.08. The van der Waals surface area contributed by atoms with E-state index in [1.54, 1.807) is 60.7 Å². The number of para-hydroxylation sites is 2. The van der Waals surface area contributed by atoms with Crippen LogP contribution in [0.3, 0.4) is 0 Å². The predicted octanol–water partition coefficient (Wildman–Crippen LogP) is 2.68. The van der Waals surface area contributed by atoms with Crippen LogP contribution in [0.2, 0.25) is 0 Å². The SMILES string of the molecule is C[C@@H](OC(=O)/C=C/C(=O)O[C@H](C)C(=O)Nc1ccccc1)C(=O)Nc1ccccc1. The second-order valence-corrected chi connectivity index (χ2v) is 6.20. The second-order valence-electron chi connectivity index (χ2n) is 6.20. The molecule has 0 aliphatic carbocycles. The summed E-state index contributed by atoms with van der Waals surface area (Å²) in [5, 5.41) is 5.19. The van der Waals surface area contributed by atoms with Crippen molar-refractivity contribution in [3.8, 4) is 0 Å². The van der Waals surface area contributed by atoms with E-state index in [1.165, 1.54) is 13.8 Å². The number of anilines is 2. The van der Waals surface area contributed by atoms with Crippen molar-refractivity contribution >= 4 is 35.1 Å². The van der Waals surface area contributed by atoms with Gasteiger partial charge in [-0.2, -0.15) is 0 Å². The van der Waals surface area contributed by atoms with Gasteiger partial charge in [0.2, 0.25) is 0 Å².